The van der Waals surface area contributed by atoms with Crippen molar-refractivity contribution in [3.05, 3.63) is 34.4 Å². The normalized spacial score (nSPS) is 26.2. The molecule has 150 valence electrons. The first-order chi connectivity index (χ1) is 12.7. The molecule has 2 fully saturated rings. The SMILES string of the molecule is CC(C)c1cc(C(C)C)c(C(=O)C2CC3COCC(C2)N3C)c(C(C)C)c1. The molecule has 2 atom stereocenters. The van der Waals surface area contributed by atoms with Crippen LogP contribution in [0.25, 0.3) is 0 Å². The van der Waals surface area contributed by atoms with Gasteiger partial charge in [-0.15, -0.1) is 0 Å². The number of nitrogens with zero attached hydrogens (tertiary/aromatic N) is 1. The zero-order chi connectivity index (χ0) is 19.9. The predicted molar refractivity (Wildman–Crippen MR) is 112 cm³/mol. The second kappa shape index (κ2) is 8.05. The predicted octanol–water partition coefficient (Wildman–Crippen LogP) is 5.35. The number of hydrogen-bond donors (Lipinski definition) is 0. The standard InChI is InChI=1S/C24H37NO2/c1-14(2)17-10-21(15(3)4)23(22(11-17)16(5)6)24(26)18-8-19-12-27-13-20(9-18)25(19)7/h10-11,14-16,18-20H,8-9,12-13H2,1-7H3. The number of Topliss-reactive ketones (excluding diaryl/α,β-unsaturated/α-hetero) is 1. The topological polar surface area (TPSA) is 29.5 Å². The highest BCUT2D eigenvalue weighted by molar-refractivity contribution is 6.01. The molecule has 3 heteroatoms. The van der Waals surface area contributed by atoms with Crippen LogP contribution < -0.4 is 0 Å². The van der Waals surface area contributed by atoms with Gasteiger partial charge < -0.3 is 4.74 Å². The fraction of sp³-hybridized carbons (Fsp3) is 0.708. The highest BCUT2D eigenvalue weighted by Gasteiger charge is 2.40. The van der Waals surface area contributed by atoms with Crippen molar-refractivity contribution in [3.63, 3.8) is 0 Å². The highest BCUT2D eigenvalue weighted by atomic mass is 16.5. The maximum absolute atomic E-state index is 13.8. The number of carbonyl (C=O) groups is 1. The Morgan fingerprint density at radius 1 is 0.926 bits per heavy atom. The summed E-state index contributed by atoms with van der Waals surface area (Å²) in [7, 11) is 2.19. The Morgan fingerprint density at radius 2 is 1.41 bits per heavy atom. The summed E-state index contributed by atoms with van der Waals surface area (Å²) in [5, 5.41) is 0. The van der Waals surface area contributed by atoms with Gasteiger partial charge in [0.2, 0.25) is 0 Å². The third-order valence-electron chi connectivity index (χ3n) is 6.64. The number of fused-ring (bicyclic) bond motifs is 2. The van der Waals surface area contributed by atoms with Crippen molar-refractivity contribution in [3.8, 4) is 0 Å². The van der Waals surface area contributed by atoms with Gasteiger partial charge in [-0.05, 0) is 54.3 Å². The van der Waals surface area contributed by atoms with Crippen LogP contribution in [0.3, 0.4) is 0 Å². The van der Waals surface area contributed by atoms with Gasteiger partial charge >= 0.3 is 0 Å². The van der Waals surface area contributed by atoms with Crippen LogP contribution in [0.5, 0.6) is 0 Å². The molecule has 3 rings (SSSR count). The maximum Gasteiger partial charge on any atom is 0.166 e. The third-order valence-corrected chi connectivity index (χ3v) is 6.64. The van der Waals surface area contributed by atoms with Gasteiger partial charge in [0.1, 0.15) is 0 Å². The Morgan fingerprint density at radius 3 is 1.81 bits per heavy atom. The van der Waals surface area contributed by atoms with Crippen molar-refractivity contribution >= 4 is 5.78 Å². The number of ketones is 1. The molecule has 3 nitrogen and oxygen atoms in total. The quantitative estimate of drug-likeness (QED) is 0.654. The van der Waals surface area contributed by atoms with Gasteiger partial charge in [0.15, 0.2) is 5.78 Å². The van der Waals surface area contributed by atoms with Crippen LogP contribution in [0, 0.1) is 5.92 Å². The Balaban J connectivity index is 2.03. The second-order valence-corrected chi connectivity index (χ2v) is 9.58. The minimum absolute atomic E-state index is 0.125. The molecule has 0 N–H and O–H groups in total. The van der Waals surface area contributed by atoms with E-state index in [1.165, 1.54) is 16.7 Å². The van der Waals surface area contributed by atoms with Crippen molar-refractivity contribution in [1.82, 2.24) is 4.90 Å². The van der Waals surface area contributed by atoms with Crippen molar-refractivity contribution < 1.29 is 9.53 Å². The van der Waals surface area contributed by atoms with E-state index in [4.69, 9.17) is 4.74 Å². The Labute approximate surface area is 165 Å². The first-order valence-electron chi connectivity index (χ1n) is 10.7. The van der Waals surface area contributed by atoms with E-state index in [0.29, 0.717) is 35.6 Å². The molecule has 0 aromatic heterocycles. The summed E-state index contributed by atoms with van der Waals surface area (Å²) in [6.45, 7) is 14.9. The Hall–Kier alpha value is -1.19. The van der Waals surface area contributed by atoms with E-state index in [9.17, 15) is 4.79 Å². The monoisotopic (exact) mass is 371 g/mol. The van der Waals surface area contributed by atoms with Crippen LogP contribution in [0.2, 0.25) is 0 Å². The summed E-state index contributed by atoms with van der Waals surface area (Å²) >= 11 is 0. The molecular weight excluding hydrogens is 334 g/mol. The fourth-order valence-corrected chi connectivity index (χ4v) is 4.75. The third kappa shape index (κ3) is 4.00. The zero-order valence-corrected chi connectivity index (χ0v) is 18.2. The minimum atomic E-state index is 0.125. The van der Waals surface area contributed by atoms with E-state index in [1.807, 2.05) is 0 Å². The summed E-state index contributed by atoms with van der Waals surface area (Å²) in [6, 6.07) is 5.36. The van der Waals surface area contributed by atoms with Crippen molar-refractivity contribution in [1.29, 1.82) is 0 Å². The van der Waals surface area contributed by atoms with Crippen molar-refractivity contribution in [2.45, 2.75) is 84.2 Å². The second-order valence-electron chi connectivity index (χ2n) is 9.58. The van der Waals surface area contributed by atoms with Crippen LogP contribution in [-0.2, 0) is 4.74 Å². The van der Waals surface area contributed by atoms with Crippen molar-refractivity contribution in [2.24, 2.45) is 5.92 Å². The van der Waals surface area contributed by atoms with Crippen LogP contribution in [0.15, 0.2) is 12.1 Å². The van der Waals surface area contributed by atoms with Crippen LogP contribution in [-0.4, -0.2) is 43.0 Å². The molecule has 2 heterocycles. The molecule has 0 saturated carbocycles. The number of hydrogen-bond acceptors (Lipinski definition) is 3. The lowest BCUT2D eigenvalue weighted by atomic mass is 9.76. The lowest BCUT2D eigenvalue weighted by Crippen LogP contribution is -2.55. The number of rotatable bonds is 5. The zero-order valence-electron chi connectivity index (χ0n) is 18.2. The summed E-state index contributed by atoms with van der Waals surface area (Å²) < 4.78 is 5.75. The molecule has 2 saturated heterocycles. The van der Waals surface area contributed by atoms with Gasteiger partial charge in [0, 0.05) is 23.6 Å². The average Bonchev–Trinajstić information content (AvgIpc) is 2.59. The lowest BCUT2D eigenvalue weighted by molar-refractivity contribution is -0.0702. The van der Waals surface area contributed by atoms with Crippen LogP contribution >= 0.6 is 0 Å². The summed E-state index contributed by atoms with van der Waals surface area (Å²) in [4.78, 5) is 16.2. The molecule has 2 bridgehead atoms. The van der Waals surface area contributed by atoms with E-state index < -0.39 is 0 Å². The first-order valence-corrected chi connectivity index (χ1v) is 10.7. The number of carbonyl (C=O) groups excluding carboxylic acids is 1. The molecule has 1 aromatic carbocycles. The van der Waals surface area contributed by atoms with Gasteiger partial charge in [-0.2, -0.15) is 0 Å². The molecule has 2 aliphatic heterocycles. The first kappa shape index (κ1) is 20.5. The molecule has 2 aliphatic rings. The number of morpholine rings is 1. The Bertz CT molecular complexity index is 649. The molecule has 1 aromatic rings. The van der Waals surface area contributed by atoms with E-state index in [2.05, 4.69) is 65.6 Å². The average molecular weight is 372 g/mol. The smallest absolute Gasteiger partial charge is 0.166 e. The van der Waals surface area contributed by atoms with Crippen LogP contribution in [0.4, 0.5) is 0 Å². The van der Waals surface area contributed by atoms with Gasteiger partial charge in [-0.1, -0.05) is 53.7 Å². The van der Waals surface area contributed by atoms with Crippen LogP contribution in [0.1, 0.15) is 99.2 Å². The Kier molecular flexibility index (Phi) is 6.12. The largest absolute Gasteiger partial charge is 0.378 e. The van der Waals surface area contributed by atoms with Gasteiger partial charge in [-0.25, -0.2) is 0 Å². The molecular formula is C24H37NO2. The molecule has 0 spiro atoms. The summed E-state index contributed by atoms with van der Waals surface area (Å²) in [6.07, 6.45) is 1.85. The minimum Gasteiger partial charge on any atom is -0.378 e. The molecule has 0 amide bonds. The van der Waals surface area contributed by atoms with E-state index in [0.717, 1.165) is 31.6 Å². The molecule has 2 unspecified atom stereocenters. The number of ether oxygens (including phenoxy) is 1. The van der Waals surface area contributed by atoms with Crippen molar-refractivity contribution in [2.75, 3.05) is 20.3 Å². The summed E-state index contributed by atoms with van der Waals surface area (Å²) in [5.74, 6) is 1.69. The lowest BCUT2D eigenvalue weighted by Gasteiger charge is -2.46. The van der Waals surface area contributed by atoms with Gasteiger partial charge in [0.05, 0.1) is 13.2 Å². The van der Waals surface area contributed by atoms with E-state index in [1.54, 1.807) is 0 Å². The molecule has 0 radical (unpaired) electrons. The highest BCUT2D eigenvalue weighted by Crippen LogP contribution is 2.38. The number of likely N-dealkylation sites (N-methyl/N-ethyl adjacent to an activating group) is 1. The number of piperidine rings is 1. The molecule has 0 aliphatic carbocycles. The maximum atomic E-state index is 13.8. The van der Waals surface area contributed by atoms with E-state index in [-0.39, 0.29) is 5.92 Å². The number of benzene rings is 1. The van der Waals surface area contributed by atoms with Gasteiger partial charge in [0.25, 0.3) is 0 Å². The molecule has 27 heavy (non-hydrogen) atoms. The summed E-state index contributed by atoms with van der Waals surface area (Å²) in [5.41, 5.74) is 4.87. The fourth-order valence-electron chi connectivity index (χ4n) is 4.75. The van der Waals surface area contributed by atoms with Gasteiger partial charge in [-0.3, -0.25) is 9.69 Å². The van der Waals surface area contributed by atoms with E-state index >= 15 is 0 Å².